The van der Waals surface area contributed by atoms with Crippen LogP contribution in [-0.4, -0.2) is 28.2 Å². The summed E-state index contributed by atoms with van der Waals surface area (Å²) in [5.74, 6) is 1.94. The first kappa shape index (κ1) is 14.5. The molecule has 2 aromatic rings. The number of likely N-dealkylation sites (tertiary alicyclic amines) is 1. The highest BCUT2D eigenvalue weighted by Gasteiger charge is 2.25. The molecular formula is C16H20ClN3O. The lowest BCUT2D eigenvalue weighted by Gasteiger charge is -2.33. The van der Waals surface area contributed by atoms with E-state index in [-0.39, 0.29) is 6.04 Å². The number of nitrogens with zero attached hydrogens (tertiary/aromatic N) is 3. The average molecular weight is 306 g/mol. The van der Waals surface area contributed by atoms with Crippen molar-refractivity contribution in [1.82, 2.24) is 15.1 Å². The molecule has 2 heterocycles. The summed E-state index contributed by atoms with van der Waals surface area (Å²) in [4.78, 5) is 2.42. The Labute approximate surface area is 130 Å². The second-order valence-corrected chi connectivity index (χ2v) is 6.31. The van der Waals surface area contributed by atoms with Crippen LogP contribution in [-0.2, 0) is 0 Å². The molecule has 0 amide bonds. The maximum atomic E-state index is 6.00. The fourth-order valence-electron chi connectivity index (χ4n) is 2.88. The lowest BCUT2D eigenvalue weighted by Crippen LogP contribution is -2.36. The van der Waals surface area contributed by atoms with Crippen LogP contribution in [0.15, 0.2) is 28.7 Å². The van der Waals surface area contributed by atoms with Crippen molar-refractivity contribution in [3.8, 4) is 11.5 Å². The molecule has 4 nitrogen and oxygen atoms in total. The van der Waals surface area contributed by atoms with Gasteiger partial charge in [0.25, 0.3) is 0 Å². The van der Waals surface area contributed by atoms with Crippen molar-refractivity contribution in [1.29, 1.82) is 0 Å². The van der Waals surface area contributed by atoms with E-state index < -0.39 is 0 Å². The van der Waals surface area contributed by atoms with Gasteiger partial charge in [-0.2, -0.15) is 0 Å². The molecule has 5 heteroatoms. The van der Waals surface area contributed by atoms with E-state index >= 15 is 0 Å². The molecule has 1 aromatic heterocycles. The maximum Gasteiger partial charge on any atom is 0.247 e. The molecule has 1 aromatic carbocycles. The van der Waals surface area contributed by atoms with Gasteiger partial charge in [-0.15, -0.1) is 10.2 Å². The largest absolute Gasteiger partial charge is 0.419 e. The molecule has 0 N–H and O–H groups in total. The maximum absolute atomic E-state index is 6.00. The van der Waals surface area contributed by atoms with Crippen molar-refractivity contribution in [3.63, 3.8) is 0 Å². The third kappa shape index (κ3) is 3.27. The first-order valence-electron chi connectivity index (χ1n) is 7.47. The lowest BCUT2D eigenvalue weighted by atomic mass is 9.99. The zero-order valence-corrected chi connectivity index (χ0v) is 13.2. The minimum Gasteiger partial charge on any atom is -0.419 e. The van der Waals surface area contributed by atoms with Crippen LogP contribution in [0.2, 0.25) is 5.02 Å². The Morgan fingerprint density at radius 2 is 2.24 bits per heavy atom. The van der Waals surface area contributed by atoms with E-state index in [1.807, 2.05) is 24.3 Å². The van der Waals surface area contributed by atoms with Gasteiger partial charge in [0.15, 0.2) is 0 Å². The smallest absolute Gasteiger partial charge is 0.247 e. The van der Waals surface area contributed by atoms with Gasteiger partial charge in [-0.25, -0.2) is 0 Å². The Morgan fingerprint density at radius 1 is 1.38 bits per heavy atom. The van der Waals surface area contributed by atoms with Gasteiger partial charge in [-0.05, 0) is 50.4 Å². The zero-order chi connectivity index (χ0) is 14.8. The van der Waals surface area contributed by atoms with Crippen LogP contribution in [0.3, 0.4) is 0 Å². The summed E-state index contributed by atoms with van der Waals surface area (Å²) in [5, 5.41) is 9.05. The highest BCUT2D eigenvalue weighted by molar-refractivity contribution is 6.30. The number of hydrogen-bond acceptors (Lipinski definition) is 4. The third-order valence-corrected chi connectivity index (χ3v) is 4.34. The molecule has 1 aliphatic rings. The monoisotopic (exact) mass is 305 g/mol. The second-order valence-electron chi connectivity index (χ2n) is 5.87. The number of rotatable bonds is 3. The van der Waals surface area contributed by atoms with Crippen LogP contribution >= 0.6 is 11.6 Å². The van der Waals surface area contributed by atoms with Gasteiger partial charge in [0.1, 0.15) is 0 Å². The van der Waals surface area contributed by atoms with Crippen molar-refractivity contribution in [3.05, 3.63) is 35.2 Å². The Balaban J connectivity index is 1.78. The van der Waals surface area contributed by atoms with E-state index in [1.54, 1.807) is 0 Å². The van der Waals surface area contributed by atoms with Crippen LogP contribution in [0.1, 0.15) is 38.6 Å². The lowest BCUT2D eigenvalue weighted by molar-refractivity contribution is 0.122. The topological polar surface area (TPSA) is 42.2 Å². The van der Waals surface area contributed by atoms with Crippen LogP contribution in [0, 0.1) is 5.92 Å². The van der Waals surface area contributed by atoms with Gasteiger partial charge in [0, 0.05) is 17.1 Å². The third-order valence-electron chi connectivity index (χ3n) is 4.11. The Bertz CT molecular complexity index is 613. The van der Waals surface area contributed by atoms with E-state index in [0.29, 0.717) is 16.8 Å². The highest BCUT2D eigenvalue weighted by atomic mass is 35.5. The van der Waals surface area contributed by atoms with Crippen LogP contribution < -0.4 is 0 Å². The minimum absolute atomic E-state index is 0.160. The van der Waals surface area contributed by atoms with Crippen molar-refractivity contribution in [2.24, 2.45) is 5.92 Å². The van der Waals surface area contributed by atoms with Gasteiger partial charge >= 0.3 is 0 Å². The van der Waals surface area contributed by atoms with Crippen LogP contribution in [0.5, 0.6) is 0 Å². The number of piperidine rings is 1. The molecule has 1 fully saturated rings. The van der Waals surface area contributed by atoms with Crippen LogP contribution in [0.25, 0.3) is 11.5 Å². The Hall–Kier alpha value is -1.39. The summed E-state index contributed by atoms with van der Waals surface area (Å²) in [7, 11) is 0. The summed E-state index contributed by atoms with van der Waals surface area (Å²) in [5.41, 5.74) is 0.862. The predicted octanol–water partition coefficient (Wildman–Crippen LogP) is 4.18. The highest BCUT2D eigenvalue weighted by Crippen LogP contribution is 2.28. The first-order chi connectivity index (χ1) is 10.1. The fraction of sp³-hybridized carbons (Fsp3) is 0.500. The zero-order valence-electron chi connectivity index (χ0n) is 12.4. The Kier molecular flexibility index (Phi) is 4.27. The van der Waals surface area contributed by atoms with E-state index in [9.17, 15) is 0 Å². The molecule has 1 aliphatic heterocycles. The first-order valence-corrected chi connectivity index (χ1v) is 7.84. The van der Waals surface area contributed by atoms with Gasteiger partial charge < -0.3 is 4.42 Å². The number of aromatic nitrogens is 2. The molecule has 0 radical (unpaired) electrons. The Morgan fingerprint density at radius 3 is 3.00 bits per heavy atom. The van der Waals surface area contributed by atoms with E-state index in [0.717, 1.165) is 24.6 Å². The summed E-state index contributed by atoms with van der Waals surface area (Å²) in [6.07, 6.45) is 2.54. The SMILES string of the molecule is CC1CCCN(C(C)c2nnc(-c3cccc(Cl)c3)o2)C1. The minimum atomic E-state index is 0.160. The van der Waals surface area contributed by atoms with Gasteiger partial charge in [0.2, 0.25) is 11.8 Å². The molecule has 0 spiro atoms. The fourth-order valence-corrected chi connectivity index (χ4v) is 3.07. The summed E-state index contributed by atoms with van der Waals surface area (Å²) in [6, 6.07) is 7.65. The molecule has 3 rings (SSSR count). The standard InChI is InChI=1S/C16H20ClN3O/c1-11-5-4-8-20(10-11)12(2)15-18-19-16(21-15)13-6-3-7-14(17)9-13/h3,6-7,9,11-12H,4-5,8,10H2,1-2H3. The molecular weight excluding hydrogens is 286 g/mol. The predicted molar refractivity (Wildman–Crippen MR) is 83.1 cm³/mol. The van der Waals surface area contributed by atoms with Crippen molar-refractivity contribution >= 4 is 11.6 Å². The average Bonchev–Trinajstić information content (AvgIpc) is 2.96. The van der Waals surface area contributed by atoms with E-state index in [2.05, 4.69) is 28.9 Å². The van der Waals surface area contributed by atoms with Gasteiger partial charge in [-0.1, -0.05) is 24.6 Å². The van der Waals surface area contributed by atoms with Crippen molar-refractivity contribution in [2.45, 2.75) is 32.7 Å². The second kappa shape index (κ2) is 6.16. The summed E-state index contributed by atoms with van der Waals surface area (Å²) < 4.78 is 5.85. The summed E-state index contributed by atoms with van der Waals surface area (Å²) >= 11 is 6.00. The number of hydrogen-bond donors (Lipinski definition) is 0. The molecule has 0 bridgehead atoms. The van der Waals surface area contributed by atoms with Gasteiger partial charge in [0.05, 0.1) is 6.04 Å². The van der Waals surface area contributed by atoms with Crippen molar-refractivity contribution < 1.29 is 4.42 Å². The molecule has 1 saturated heterocycles. The van der Waals surface area contributed by atoms with Crippen molar-refractivity contribution in [2.75, 3.05) is 13.1 Å². The molecule has 2 unspecified atom stereocenters. The summed E-state index contributed by atoms with van der Waals surface area (Å²) in [6.45, 7) is 6.62. The molecule has 0 aliphatic carbocycles. The normalized spacial score (nSPS) is 21.4. The van der Waals surface area contributed by atoms with E-state index in [4.69, 9.17) is 16.0 Å². The van der Waals surface area contributed by atoms with Gasteiger partial charge in [-0.3, -0.25) is 4.90 Å². The molecule has 112 valence electrons. The van der Waals surface area contributed by atoms with Crippen LogP contribution in [0.4, 0.5) is 0 Å². The quantitative estimate of drug-likeness (QED) is 0.853. The molecule has 21 heavy (non-hydrogen) atoms. The number of halogens is 1. The number of benzene rings is 1. The molecule has 0 saturated carbocycles. The molecule has 2 atom stereocenters. The van der Waals surface area contributed by atoms with E-state index in [1.165, 1.54) is 12.8 Å².